The lowest BCUT2D eigenvalue weighted by atomic mass is 10.0. The van der Waals surface area contributed by atoms with E-state index in [1.54, 1.807) is 26.0 Å². The molecule has 2 aromatic carbocycles. The van der Waals surface area contributed by atoms with Gasteiger partial charge < -0.3 is 9.47 Å². The quantitative estimate of drug-likeness (QED) is 0.521. The van der Waals surface area contributed by atoms with Gasteiger partial charge in [-0.05, 0) is 37.6 Å². The van der Waals surface area contributed by atoms with Crippen molar-refractivity contribution in [2.75, 3.05) is 13.2 Å². The highest BCUT2D eigenvalue weighted by Crippen LogP contribution is 2.30. The molecular formula is C20H19F5O2. The number of allylic oxidation sites excluding steroid dienone is 1. The predicted octanol–water partition coefficient (Wildman–Crippen LogP) is 5.96. The number of alkyl halides is 2. The molecule has 0 spiro atoms. The van der Waals surface area contributed by atoms with Crippen LogP contribution < -0.4 is 9.47 Å². The van der Waals surface area contributed by atoms with Crippen LogP contribution >= 0.6 is 0 Å². The molecule has 2 rings (SSSR count). The number of ether oxygens (including phenoxy) is 2. The maximum Gasteiger partial charge on any atom is 0.204 e. The summed E-state index contributed by atoms with van der Waals surface area (Å²) >= 11 is 0. The zero-order valence-electron chi connectivity index (χ0n) is 14.8. The molecule has 7 heteroatoms. The summed E-state index contributed by atoms with van der Waals surface area (Å²) in [6, 6.07) is 5.84. The van der Waals surface area contributed by atoms with Crippen LogP contribution in [0.4, 0.5) is 22.0 Å². The molecule has 2 atom stereocenters. The van der Waals surface area contributed by atoms with Crippen molar-refractivity contribution < 1.29 is 31.4 Å². The van der Waals surface area contributed by atoms with E-state index in [2.05, 4.69) is 0 Å². The fourth-order valence-electron chi connectivity index (χ4n) is 2.40. The molecule has 2 unspecified atom stereocenters. The van der Waals surface area contributed by atoms with Crippen LogP contribution in [0.3, 0.4) is 0 Å². The second-order valence-corrected chi connectivity index (χ2v) is 5.63. The van der Waals surface area contributed by atoms with Gasteiger partial charge in [-0.15, -0.1) is 0 Å². The average molecular weight is 386 g/mol. The maximum atomic E-state index is 14.3. The number of hydrogen-bond donors (Lipinski definition) is 0. The normalized spacial score (nSPS) is 13.6. The van der Waals surface area contributed by atoms with Crippen molar-refractivity contribution in [2.45, 2.75) is 26.2 Å². The maximum absolute atomic E-state index is 14.3. The van der Waals surface area contributed by atoms with E-state index in [4.69, 9.17) is 9.47 Å². The van der Waals surface area contributed by atoms with E-state index < -0.39 is 47.7 Å². The van der Waals surface area contributed by atoms with E-state index in [1.807, 2.05) is 0 Å². The second kappa shape index (κ2) is 9.39. The molecule has 0 heterocycles. The first-order valence-electron chi connectivity index (χ1n) is 8.32. The van der Waals surface area contributed by atoms with E-state index in [0.29, 0.717) is 5.56 Å². The molecule has 0 amide bonds. The summed E-state index contributed by atoms with van der Waals surface area (Å²) in [5, 5.41) is 0. The van der Waals surface area contributed by atoms with Gasteiger partial charge in [0.15, 0.2) is 23.8 Å². The second-order valence-electron chi connectivity index (χ2n) is 5.63. The molecule has 0 radical (unpaired) electrons. The monoisotopic (exact) mass is 386 g/mol. The van der Waals surface area contributed by atoms with Gasteiger partial charge in [0.1, 0.15) is 12.4 Å². The van der Waals surface area contributed by atoms with Crippen LogP contribution in [-0.4, -0.2) is 19.4 Å². The standard InChI is InChI=1S/C20H19F5O2/c1-3-5-12-6-7-13(14(21)10-12)18(23)15(22)11-27-17-9-8-16(26-4-2)19(24)20(17)25/h3,5-10,15,18H,4,11H2,1-2H3. The summed E-state index contributed by atoms with van der Waals surface area (Å²) in [5.41, 5.74) is 0.0299. The molecular weight excluding hydrogens is 367 g/mol. The van der Waals surface area contributed by atoms with Crippen LogP contribution in [-0.2, 0) is 0 Å². The molecule has 0 saturated heterocycles. The molecule has 2 nitrogen and oxygen atoms in total. The summed E-state index contributed by atoms with van der Waals surface area (Å²) in [7, 11) is 0. The average Bonchev–Trinajstić information content (AvgIpc) is 2.64. The first-order chi connectivity index (χ1) is 12.9. The molecule has 0 aliphatic rings. The minimum Gasteiger partial charge on any atom is -0.491 e. The Kier molecular flexibility index (Phi) is 7.21. The van der Waals surface area contributed by atoms with E-state index in [0.717, 1.165) is 24.3 Å². The van der Waals surface area contributed by atoms with Crippen LogP contribution in [0.15, 0.2) is 36.4 Å². The molecule has 0 bridgehead atoms. The number of hydrogen-bond acceptors (Lipinski definition) is 2. The van der Waals surface area contributed by atoms with Crippen LogP contribution in [0.2, 0.25) is 0 Å². The van der Waals surface area contributed by atoms with Crippen LogP contribution in [0.1, 0.15) is 31.1 Å². The molecule has 146 valence electrons. The Morgan fingerprint density at radius 2 is 1.59 bits per heavy atom. The molecule has 0 saturated carbocycles. The summed E-state index contributed by atoms with van der Waals surface area (Å²) in [6.07, 6.45) is -1.31. The van der Waals surface area contributed by atoms with E-state index >= 15 is 0 Å². The zero-order valence-corrected chi connectivity index (χ0v) is 14.8. The Balaban J connectivity index is 2.07. The lowest BCUT2D eigenvalue weighted by molar-refractivity contribution is 0.104. The summed E-state index contributed by atoms with van der Waals surface area (Å²) < 4.78 is 79.7. The topological polar surface area (TPSA) is 18.5 Å². The SMILES string of the molecule is CC=Cc1ccc(C(F)C(F)COc2ccc(OCC)c(F)c2F)c(F)c1. The highest BCUT2D eigenvalue weighted by molar-refractivity contribution is 5.49. The Labute approximate surface area is 154 Å². The van der Waals surface area contributed by atoms with Gasteiger partial charge in [-0.3, -0.25) is 0 Å². The third-order valence-electron chi connectivity index (χ3n) is 3.71. The van der Waals surface area contributed by atoms with Gasteiger partial charge in [0, 0.05) is 5.56 Å². The lowest BCUT2D eigenvalue weighted by Crippen LogP contribution is -2.20. The minimum atomic E-state index is -2.32. The van der Waals surface area contributed by atoms with Gasteiger partial charge in [0.05, 0.1) is 6.61 Å². The zero-order chi connectivity index (χ0) is 20.0. The summed E-state index contributed by atoms with van der Waals surface area (Å²) in [4.78, 5) is 0. The Morgan fingerprint density at radius 3 is 2.15 bits per heavy atom. The fraction of sp³-hybridized carbons (Fsp3) is 0.300. The van der Waals surface area contributed by atoms with E-state index in [-0.39, 0.29) is 12.4 Å². The van der Waals surface area contributed by atoms with Gasteiger partial charge in [0.25, 0.3) is 0 Å². The van der Waals surface area contributed by atoms with Crippen LogP contribution in [0.25, 0.3) is 6.08 Å². The Hall–Kier alpha value is -2.57. The summed E-state index contributed by atoms with van der Waals surface area (Å²) in [6.45, 7) is 2.55. The van der Waals surface area contributed by atoms with Crippen molar-refractivity contribution in [1.29, 1.82) is 0 Å². The van der Waals surface area contributed by atoms with Gasteiger partial charge in [-0.1, -0.05) is 24.3 Å². The van der Waals surface area contributed by atoms with Crippen molar-refractivity contribution in [1.82, 2.24) is 0 Å². The Bertz CT molecular complexity index is 807. The minimum absolute atomic E-state index is 0.130. The molecule has 0 N–H and O–H groups in total. The van der Waals surface area contributed by atoms with Gasteiger partial charge >= 0.3 is 0 Å². The third kappa shape index (κ3) is 4.99. The summed E-state index contributed by atoms with van der Waals surface area (Å²) in [5.74, 6) is -4.46. The van der Waals surface area contributed by atoms with E-state index in [1.165, 1.54) is 6.07 Å². The fourth-order valence-corrected chi connectivity index (χ4v) is 2.40. The smallest absolute Gasteiger partial charge is 0.204 e. The van der Waals surface area contributed by atoms with Gasteiger partial charge in [-0.2, -0.15) is 8.78 Å². The molecule has 2 aromatic rings. The van der Waals surface area contributed by atoms with Crippen LogP contribution in [0.5, 0.6) is 11.5 Å². The van der Waals surface area contributed by atoms with Gasteiger partial charge in [-0.25, -0.2) is 13.2 Å². The highest BCUT2D eigenvalue weighted by atomic mass is 19.2. The predicted molar refractivity (Wildman–Crippen MR) is 92.9 cm³/mol. The molecule has 0 aromatic heterocycles. The lowest BCUT2D eigenvalue weighted by Gasteiger charge is -2.16. The molecule has 27 heavy (non-hydrogen) atoms. The third-order valence-corrected chi connectivity index (χ3v) is 3.71. The molecule has 0 aliphatic heterocycles. The van der Waals surface area contributed by atoms with Crippen molar-refractivity contribution in [2.24, 2.45) is 0 Å². The number of benzene rings is 2. The number of halogens is 5. The number of rotatable bonds is 8. The van der Waals surface area contributed by atoms with Gasteiger partial charge in [0.2, 0.25) is 11.6 Å². The first kappa shape index (κ1) is 20.7. The molecule has 0 aliphatic carbocycles. The first-order valence-corrected chi connectivity index (χ1v) is 8.32. The largest absolute Gasteiger partial charge is 0.491 e. The van der Waals surface area contributed by atoms with Crippen molar-refractivity contribution >= 4 is 6.08 Å². The van der Waals surface area contributed by atoms with Crippen molar-refractivity contribution in [3.8, 4) is 11.5 Å². The van der Waals surface area contributed by atoms with Crippen LogP contribution in [0, 0.1) is 17.5 Å². The Morgan fingerprint density at radius 1 is 0.963 bits per heavy atom. The van der Waals surface area contributed by atoms with E-state index in [9.17, 15) is 22.0 Å². The highest BCUT2D eigenvalue weighted by Gasteiger charge is 2.27. The van der Waals surface area contributed by atoms with Crippen molar-refractivity contribution in [3.63, 3.8) is 0 Å². The molecule has 0 fully saturated rings. The van der Waals surface area contributed by atoms with Crippen molar-refractivity contribution in [3.05, 3.63) is 65.0 Å².